The van der Waals surface area contributed by atoms with Crippen molar-refractivity contribution < 1.29 is 28.1 Å². The molecule has 2 unspecified atom stereocenters. The molecule has 0 aliphatic carbocycles. The Balaban J connectivity index is 1.58. The lowest BCUT2D eigenvalue weighted by molar-refractivity contribution is -0.164. The van der Waals surface area contributed by atoms with Gasteiger partial charge >= 0.3 is 5.97 Å². The number of piperidine rings is 1. The number of nitrogens with zero attached hydrogens (tertiary/aromatic N) is 3. The number of aryl methyl sites for hydroxylation is 1. The van der Waals surface area contributed by atoms with Crippen molar-refractivity contribution in [2.75, 3.05) is 31.7 Å². The molecule has 3 aliphatic heterocycles. The number of methoxy groups -OCH3 is 1. The fourth-order valence-corrected chi connectivity index (χ4v) is 7.58. The van der Waals surface area contributed by atoms with E-state index in [1.54, 1.807) is 6.07 Å². The van der Waals surface area contributed by atoms with Crippen LogP contribution in [0.1, 0.15) is 84.0 Å². The lowest BCUT2D eigenvalue weighted by Gasteiger charge is -2.42. The quantitative estimate of drug-likeness (QED) is 0.194. The van der Waals surface area contributed by atoms with Crippen LogP contribution in [-0.4, -0.2) is 59.5 Å². The Hall–Kier alpha value is -3.47. The van der Waals surface area contributed by atoms with Crippen LogP contribution in [-0.2, 0) is 19.0 Å². The highest BCUT2D eigenvalue weighted by molar-refractivity contribution is 9.10. The van der Waals surface area contributed by atoms with Crippen LogP contribution in [0.5, 0.6) is 5.75 Å². The van der Waals surface area contributed by atoms with Gasteiger partial charge in [-0.15, -0.1) is 0 Å². The Bertz CT molecular complexity index is 1840. The van der Waals surface area contributed by atoms with E-state index in [1.807, 2.05) is 58.0 Å². The van der Waals surface area contributed by atoms with Gasteiger partial charge in [-0.1, -0.05) is 18.2 Å². The van der Waals surface area contributed by atoms with Crippen LogP contribution in [0.3, 0.4) is 0 Å². The highest BCUT2D eigenvalue weighted by atomic mass is 79.9. The summed E-state index contributed by atoms with van der Waals surface area (Å²) in [4.78, 5) is 21.0. The summed E-state index contributed by atoms with van der Waals surface area (Å²) >= 11 is 3.94. The van der Waals surface area contributed by atoms with Gasteiger partial charge in [-0.3, -0.25) is 4.40 Å². The maximum atomic E-state index is 14.7. The van der Waals surface area contributed by atoms with Crippen LogP contribution in [0.15, 0.2) is 53.1 Å². The minimum Gasteiger partial charge on any atom is -0.490 e. The van der Waals surface area contributed by atoms with Gasteiger partial charge in [0.05, 0.1) is 24.4 Å². The largest absolute Gasteiger partial charge is 0.490 e. The molecular weight excluding hydrogens is 689 g/mol. The molecule has 1 saturated heterocycles. The average Bonchev–Trinajstić information content (AvgIpc) is 3.38. The summed E-state index contributed by atoms with van der Waals surface area (Å²) in [6.45, 7) is 14.2. The molecule has 49 heavy (non-hydrogen) atoms. The Labute approximate surface area is 297 Å². The first kappa shape index (κ1) is 35.4. The number of carbonyl (C=O) groups excluding carboxylic acids is 1. The Morgan fingerprint density at radius 2 is 1.84 bits per heavy atom. The molecule has 10 heteroatoms. The van der Waals surface area contributed by atoms with Crippen molar-refractivity contribution in [3.05, 3.63) is 70.1 Å². The fraction of sp³-hybridized carbons (Fsp3) is 0.487. The van der Waals surface area contributed by atoms with Crippen molar-refractivity contribution >= 4 is 33.4 Å². The third-order valence-electron chi connectivity index (χ3n) is 9.51. The Morgan fingerprint density at radius 3 is 2.55 bits per heavy atom. The predicted molar refractivity (Wildman–Crippen MR) is 194 cm³/mol. The van der Waals surface area contributed by atoms with Crippen molar-refractivity contribution in [2.24, 2.45) is 0 Å². The maximum Gasteiger partial charge on any atom is 0.339 e. The number of rotatable bonds is 3. The first-order chi connectivity index (χ1) is 23.3. The van der Waals surface area contributed by atoms with Gasteiger partial charge in [0.15, 0.2) is 6.10 Å². The summed E-state index contributed by atoms with van der Waals surface area (Å²) in [7, 11) is 1.39. The van der Waals surface area contributed by atoms with E-state index >= 15 is 0 Å². The van der Waals surface area contributed by atoms with Gasteiger partial charge in [0.25, 0.3) is 0 Å². The molecular formula is C39H47BrFN3O5. The molecule has 2 aromatic heterocycles. The second-order valence-electron chi connectivity index (χ2n) is 14.6. The number of imidazole rings is 1. The molecule has 6 bridgehead atoms. The SMILES string of the molecule is COC(=O)C(OC(C)(C)C)c1c(C)cc2nc3c(Br)n2c1N1CCC(C)(CC1)OCCCCC(C)Oc1ccc(F)cc1-c1cccc-3c1. The molecule has 0 radical (unpaired) electrons. The van der Waals surface area contributed by atoms with Crippen LogP contribution in [0.2, 0.25) is 0 Å². The number of aromatic nitrogens is 2. The van der Waals surface area contributed by atoms with E-state index < -0.39 is 17.7 Å². The topological polar surface area (TPSA) is 74.5 Å². The van der Waals surface area contributed by atoms with Crippen molar-refractivity contribution in [1.29, 1.82) is 0 Å². The maximum absolute atomic E-state index is 14.7. The van der Waals surface area contributed by atoms with E-state index in [0.29, 0.717) is 31.0 Å². The van der Waals surface area contributed by atoms with Crippen molar-refractivity contribution in [2.45, 2.75) is 97.1 Å². The number of anilines is 1. The second-order valence-corrected chi connectivity index (χ2v) is 15.3. The van der Waals surface area contributed by atoms with Crippen LogP contribution < -0.4 is 9.64 Å². The molecule has 2 atom stereocenters. The molecule has 4 aromatic rings. The predicted octanol–water partition coefficient (Wildman–Crippen LogP) is 9.23. The van der Waals surface area contributed by atoms with E-state index in [4.69, 9.17) is 23.9 Å². The lowest BCUT2D eigenvalue weighted by Crippen LogP contribution is -2.45. The molecule has 5 heterocycles. The van der Waals surface area contributed by atoms with Gasteiger partial charge < -0.3 is 23.8 Å². The van der Waals surface area contributed by atoms with Crippen molar-refractivity contribution in [3.8, 4) is 28.1 Å². The molecule has 262 valence electrons. The zero-order valence-corrected chi connectivity index (χ0v) is 31.2. The number of pyridine rings is 1. The summed E-state index contributed by atoms with van der Waals surface area (Å²) in [6, 6.07) is 14.6. The summed E-state index contributed by atoms with van der Waals surface area (Å²) in [5.74, 6) is 0.682. The van der Waals surface area contributed by atoms with Crippen LogP contribution in [0.25, 0.3) is 28.0 Å². The minimum atomic E-state index is -0.964. The molecule has 0 amide bonds. The number of esters is 1. The lowest BCUT2D eigenvalue weighted by atomic mass is 9.92. The molecule has 0 saturated carbocycles. The number of ether oxygens (including phenoxy) is 4. The first-order valence-corrected chi connectivity index (χ1v) is 18.0. The van der Waals surface area contributed by atoms with Gasteiger partial charge in [0.2, 0.25) is 0 Å². The normalized spacial score (nSPS) is 20.9. The number of fused-ring (bicyclic) bond motifs is 8. The molecule has 1 fully saturated rings. The monoisotopic (exact) mass is 735 g/mol. The Kier molecular flexibility index (Phi) is 10.1. The third kappa shape index (κ3) is 7.51. The summed E-state index contributed by atoms with van der Waals surface area (Å²) in [5.41, 5.74) is 4.53. The van der Waals surface area contributed by atoms with E-state index in [2.05, 4.69) is 39.1 Å². The molecule has 0 N–H and O–H groups in total. The summed E-state index contributed by atoms with van der Waals surface area (Å²) in [5, 5.41) is 0. The van der Waals surface area contributed by atoms with Gasteiger partial charge in [-0.2, -0.15) is 0 Å². The highest BCUT2D eigenvalue weighted by Crippen LogP contribution is 2.43. The average molecular weight is 737 g/mol. The second kappa shape index (κ2) is 14.0. The van der Waals surface area contributed by atoms with E-state index in [-0.39, 0.29) is 17.5 Å². The molecule has 8 nitrogen and oxygen atoms in total. The fourth-order valence-electron chi connectivity index (χ4n) is 6.92. The first-order valence-electron chi connectivity index (χ1n) is 17.2. The van der Waals surface area contributed by atoms with Gasteiger partial charge in [-0.05, 0) is 131 Å². The van der Waals surface area contributed by atoms with Gasteiger partial charge in [0, 0.05) is 36.4 Å². The zero-order chi connectivity index (χ0) is 35.1. The van der Waals surface area contributed by atoms with Crippen LogP contribution >= 0.6 is 15.9 Å². The van der Waals surface area contributed by atoms with Gasteiger partial charge in [0.1, 0.15) is 33.3 Å². The molecule has 7 rings (SSSR count). The smallest absolute Gasteiger partial charge is 0.339 e. The number of carbonyl (C=O) groups is 1. The van der Waals surface area contributed by atoms with Crippen LogP contribution in [0, 0.1) is 12.7 Å². The van der Waals surface area contributed by atoms with Crippen molar-refractivity contribution in [3.63, 3.8) is 0 Å². The number of hydrogen-bond acceptors (Lipinski definition) is 7. The number of hydrogen-bond donors (Lipinski definition) is 0. The van der Waals surface area contributed by atoms with Crippen molar-refractivity contribution in [1.82, 2.24) is 9.38 Å². The summed E-state index contributed by atoms with van der Waals surface area (Å²) in [6.07, 6.45) is 3.36. The number of benzene rings is 2. The van der Waals surface area contributed by atoms with E-state index in [0.717, 1.165) is 76.1 Å². The van der Waals surface area contributed by atoms with Crippen LogP contribution in [0.4, 0.5) is 10.2 Å². The third-order valence-corrected chi connectivity index (χ3v) is 10.2. The Morgan fingerprint density at radius 1 is 1.10 bits per heavy atom. The highest BCUT2D eigenvalue weighted by Gasteiger charge is 2.38. The molecule has 0 spiro atoms. The summed E-state index contributed by atoms with van der Waals surface area (Å²) < 4.78 is 42.3. The molecule has 3 aliphatic rings. The standard InChI is InChI=1S/C39H47BrFN3O5/c1-24-21-31-42-33-27-13-10-12-26(22-27)29-23-28(41)14-15-30(29)48-25(2)11-8-9-20-47-39(6)16-18-43(19-17-39)36(44(31)35(33)40)32(24)34(37(45)46-7)49-38(3,4)5/h10,12-15,21-23,25,34H,8-9,11,16-20H2,1-7H3. The van der Waals surface area contributed by atoms with Gasteiger partial charge in [-0.25, -0.2) is 14.2 Å². The van der Waals surface area contributed by atoms with E-state index in [1.165, 1.54) is 19.2 Å². The molecule has 2 aromatic carbocycles. The van der Waals surface area contributed by atoms with E-state index in [9.17, 15) is 9.18 Å². The number of halogens is 2. The zero-order valence-electron chi connectivity index (χ0n) is 29.6. The minimum absolute atomic E-state index is 0.0451.